The number of nitrogens with zero attached hydrogens (tertiary/aromatic N) is 6. The van der Waals surface area contributed by atoms with Gasteiger partial charge in [0, 0.05) is 18.0 Å². The summed E-state index contributed by atoms with van der Waals surface area (Å²) >= 11 is 0. The van der Waals surface area contributed by atoms with Crippen molar-refractivity contribution in [3.8, 4) is 17.3 Å². The molecule has 4 aromatic rings. The molecule has 0 atom stereocenters. The van der Waals surface area contributed by atoms with E-state index >= 15 is 0 Å². The Bertz CT molecular complexity index is 1070. The van der Waals surface area contributed by atoms with Crippen molar-refractivity contribution in [3.63, 3.8) is 0 Å². The largest absolute Gasteiger partial charge is 0.481 e. The van der Waals surface area contributed by atoms with Gasteiger partial charge in [-0.2, -0.15) is 19.9 Å². The number of nitrogen functional groups attached to an aromatic ring is 1. The second-order valence-corrected chi connectivity index (χ2v) is 5.71. The van der Waals surface area contributed by atoms with E-state index in [9.17, 15) is 0 Å². The summed E-state index contributed by atoms with van der Waals surface area (Å²) in [6.07, 6.45) is 1.84. The van der Waals surface area contributed by atoms with Gasteiger partial charge in [-0.05, 0) is 18.2 Å². The predicted molar refractivity (Wildman–Crippen MR) is 101 cm³/mol. The van der Waals surface area contributed by atoms with Crippen LogP contribution in [-0.2, 0) is 6.42 Å². The number of anilines is 3. The molecule has 0 saturated heterocycles. The first-order chi connectivity index (χ1) is 13.7. The van der Waals surface area contributed by atoms with Crippen LogP contribution in [0.1, 0.15) is 11.6 Å². The number of methoxy groups -OCH3 is 1. The van der Waals surface area contributed by atoms with Gasteiger partial charge in [0.1, 0.15) is 5.82 Å². The maximum Gasteiger partial charge on any atom is 0.259 e. The van der Waals surface area contributed by atoms with Gasteiger partial charge in [-0.25, -0.2) is 4.98 Å². The predicted octanol–water partition coefficient (Wildman–Crippen LogP) is 2.24. The lowest BCUT2D eigenvalue weighted by Crippen LogP contribution is -2.08. The van der Waals surface area contributed by atoms with Crippen LogP contribution in [0.5, 0.6) is 5.88 Å². The number of ether oxygens (including phenoxy) is 1. The first kappa shape index (κ1) is 17.3. The van der Waals surface area contributed by atoms with Crippen LogP contribution in [0, 0.1) is 0 Å². The molecule has 0 aliphatic heterocycles. The lowest BCUT2D eigenvalue weighted by Gasteiger charge is -2.06. The average molecular weight is 376 g/mol. The molecular weight excluding hydrogens is 360 g/mol. The first-order valence-corrected chi connectivity index (χ1v) is 8.35. The SMILES string of the molecule is COc1ccc(-c2nc(Cc3nc(N)nc(Nc4ccccc4)n3)no2)cn1. The van der Waals surface area contributed by atoms with Gasteiger partial charge < -0.3 is 20.3 Å². The van der Waals surface area contributed by atoms with Crippen molar-refractivity contribution in [2.24, 2.45) is 0 Å². The van der Waals surface area contributed by atoms with E-state index in [1.165, 1.54) is 0 Å². The third-order valence-corrected chi connectivity index (χ3v) is 3.71. The lowest BCUT2D eigenvalue weighted by atomic mass is 10.3. The van der Waals surface area contributed by atoms with Crippen LogP contribution in [0.3, 0.4) is 0 Å². The van der Waals surface area contributed by atoms with Crippen LogP contribution in [0.4, 0.5) is 17.6 Å². The third-order valence-electron chi connectivity index (χ3n) is 3.71. The van der Waals surface area contributed by atoms with E-state index < -0.39 is 0 Å². The number of pyridine rings is 1. The van der Waals surface area contributed by atoms with Crippen molar-refractivity contribution in [1.29, 1.82) is 0 Å². The second kappa shape index (κ2) is 7.66. The molecule has 4 rings (SSSR count). The summed E-state index contributed by atoms with van der Waals surface area (Å²) in [5.74, 6) is 2.13. The van der Waals surface area contributed by atoms with Gasteiger partial charge in [0.2, 0.25) is 17.8 Å². The Labute approximate surface area is 159 Å². The van der Waals surface area contributed by atoms with Gasteiger partial charge in [-0.15, -0.1) is 0 Å². The Morgan fingerprint density at radius 1 is 1.00 bits per heavy atom. The second-order valence-electron chi connectivity index (χ2n) is 5.71. The van der Waals surface area contributed by atoms with Crippen molar-refractivity contribution < 1.29 is 9.26 Å². The van der Waals surface area contributed by atoms with Gasteiger partial charge >= 0.3 is 0 Å². The zero-order valence-corrected chi connectivity index (χ0v) is 14.9. The Kier molecular flexibility index (Phi) is 4.74. The molecule has 0 aliphatic rings. The van der Waals surface area contributed by atoms with Gasteiger partial charge in [0.05, 0.1) is 19.1 Å². The van der Waals surface area contributed by atoms with Gasteiger partial charge in [0.15, 0.2) is 5.82 Å². The fourth-order valence-corrected chi connectivity index (χ4v) is 2.44. The van der Waals surface area contributed by atoms with Crippen LogP contribution in [-0.4, -0.2) is 37.2 Å². The van der Waals surface area contributed by atoms with E-state index in [1.54, 1.807) is 25.4 Å². The molecule has 28 heavy (non-hydrogen) atoms. The monoisotopic (exact) mass is 376 g/mol. The highest BCUT2D eigenvalue weighted by molar-refractivity contribution is 5.53. The molecule has 10 nitrogen and oxygen atoms in total. The summed E-state index contributed by atoms with van der Waals surface area (Å²) in [6, 6.07) is 13.0. The molecule has 3 heterocycles. The molecule has 0 aliphatic carbocycles. The molecule has 0 radical (unpaired) electrons. The molecule has 3 aromatic heterocycles. The number of hydrogen-bond donors (Lipinski definition) is 2. The quantitative estimate of drug-likeness (QED) is 0.515. The number of hydrogen-bond acceptors (Lipinski definition) is 10. The van der Waals surface area contributed by atoms with Crippen LogP contribution < -0.4 is 15.8 Å². The minimum Gasteiger partial charge on any atom is -0.481 e. The number of para-hydroxylation sites is 1. The Morgan fingerprint density at radius 2 is 1.86 bits per heavy atom. The Morgan fingerprint density at radius 3 is 2.61 bits per heavy atom. The van der Waals surface area contributed by atoms with Crippen molar-refractivity contribution in [2.75, 3.05) is 18.2 Å². The standard InChI is InChI=1S/C18H16N8O2/c1-27-15-8-7-11(10-20-15)16-22-14(26-28-16)9-13-23-17(19)25-18(24-13)21-12-5-3-2-4-6-12/h2-8,10H,9H2,1H3,(H3,19,21,23,24,25). The Balaban J connectivity index is 1.52. The van der Waals surface area contributed by atoms with E-state index in [-0.39, 0.29) is 12.4 Å². The van der Waals surface area contributed by atoms with Crippen LogP contribution in [0.15, 0.2) is 53.2 Å². The van der Waals surface area contributed by atoms with Gasteiger partial charge in [-0.3, -0.25) is 0 Å². The fourth-order valence-electron chi connectivity index (χ4n) is 2.44. The van der Waals surface area contributed by atoms with E-state index in [1.807, 2.05) is 30.3 Å². The minimum absolute atomic E-state index is 0.103. The molecule has 3 N–H and O–H groups in total. The minimum atomic E-state index is 0.103. The Hall–Kier alpha value is -4.08. The highest BCUT2D eigenvalue weighted by atomic mass is 16.5. The van der Waals surface area contributed by atoms with E-state index in [4.69, 9.17) is 15.0 Å². The highest BCUT2D eigenvalue weighted by Crippen LogP contribution is 2.19. The first-order valence-electron chi connectivity index (χ1n) is 8.35. The smallest absolute Gasteiger partial charge is 0.259 e. The molecule has 0 bridgehead atoms. The van der Waals surface area contributed by atoms with Gasteiger partial charge in [0.25, 0.3) is 5.89 Å². The topological polar surface area (TPSA) is 138 Å². The van der Waals surface area contributed by atoms with Crippen molar-refractivity contribution in [3.05, 3.63) is 60.3 Å². The molecule has 0 saturated carbocycles. The third kappa shape index (κ3) is 4.01. The van der Waals surface area contributed by atoms with Crippen LogP contribution in [0.2, 0.25) is 0 Å². The average Bonchev–Trinajstić information content (AvgIpc) is 3.17. The highest BCUT2D eigenvalue weighted by Gasteiger charge is 2.13. The molecule has 140 valence electrons. The summed E-state index contributed by atoms with van der Waals surface area (Å²) in [5.41, 5.74) is 7.33. The number of nitrogens with two attached hydrogens (primary N) is 1. The van der Waals surface area contributed by atoms with E-state index in [0.717, 1.165) is 5.69 Å². The molecule has 10 heteroatoms. The number of benzene rings is 1. The van der Waals surface area contributed by atoms with Crippen molar-refractivity contribution in [1.82, 2.24) is 30.1 Å². The molecular formula is C18H16N8O2. The maximum absolute atomic E-state index is 5.80. The van der Waals surface area contributed by atoms with Gasteiger partial charge in [-0.1, -0.05) is 23.4 Å². The number of rotatable bonds is 6. The van der Waals surface area contributed by atoms with Crippen LogP contribution >= 0.6 is 0 Å². The summed E-state index contributed by atoms with van der Waals surface area (Å²) in [6.45, 7) is 0. The molecule has 0 amide bonds. The molecule has 0 fully saturated rings. The summed E-state index contributed by atoms with van der Waals surface area (Å²) in [5, 5.41) is 7.05. The van der Waals surface area contributed by atoms with Crippen molar-refractivity contribution in [2.45, 2.75) is 6.42 Å². The zero-order valence-electron chi connectivity index (χ0n) is 14.9. The van der Waals surface area contributed by atoms with Crippen LogP contribution in [0.25, 0.3) is 11.5 Å². The van der Waals surface area contributed by atoms with E-state index in [2.05, 4.69) is 35.4 Å². The van der Waals surface area contributed by atoms with Crippen molar-refractivity contribution >= 4 is 17.6 Å². The number of aromatic nitrogens is 6. The summed E-state index contributed by atoms with van der Waals surface area (Å²) in [4.78, 5) is 21.1. The summed E-state index contributed by atoms with van der Waals surface area (Å²) in [7, 11) is 1.55. The lowest BCUT2D eigenvalue weighted by molar-refractivity contribution is 0.397. The van der Waals surface area contributed by atoms with E-state index in [0.29, 0.717) is 34.9 Å². The maximum atomic E-state index is 5.80. The molecule has 0 unspecified atom stereocenters. The molecule has 0 spiro atoms. The summed E-state index contributed by atoms with van der Waals surface area (Å²) < 4.78 is 10.3. The normalized spacial score (nSPS) is 10.6. The molecule has 1 aromatic carbocycles. The fraction of sp³-hybridized carbons (Fsp3) is 0.111. The zero-order chi connectivity index (χ0) is 19.3. The number of nitrogens with one attached hydrogen (secondary N) is 1.